The molecular weight excluding hydrogens is 292 g/mol. The van der Waals surface area contributed by atoms with Crippen LogP contribution in [-0.2, 0) is 4.79 Å². The van der Waals surface area contributed by atoms with E-state index in [1.165, 1.54) is 28.8 Å². The highest BCUT2D eigenvalue weighted by atomic mass is 32.2. The van der Waals surface area contributed by atoms with Crippen molar-refractivity contribution in [3.05, 3.63) is 29.8 Å². The molecular formula is C14H16N2O4S. The number of carbonyl (C=O) groups excluding carboxylic acids is 2. The van der Waals surface area contributed by atoms with Crippen molar-refractivity contribution in [3.8, 4) is 0 Å². The molecule has 1 heterocycles. The van der Waals surface area contributed by atoms with Gasteiger partial charge in [-0.25, -0.2) is 4.79 Å². The summed E-state index contributed by atoms with van der Waals surface area (Å²) < 4.78 is 0. The van der Waals surface area contributed by atoms with Gasteiger partial charge in [0.2, 0.25) is 5.91 Å². The first-order chi connectivity index (χ1) is 9.99. The van der Waals surface area contributed by atoms with Gasteiger partial charge in [0.05, 0.1) is 5.56 Å². The van der Waals surface area contributed by atoms with Crippen LogP contribution in [0.3, 0.4) is 0 Å². The van der Waals surface area contributed by atoms with Gasteiger partial charge in [-0.15, -0.1) is 0 Å². The summed E-state index contributed by atoms with van der Waals surface area (Å²) in [5, 5.41) is 8.86. The summed E-state index contributed by atoms with van der Waals surface area (Å²) in [5.41, 5.74) is 0.811. The second kappa shape index (κ2) is 6.62. The van der Waals surface area contributed by atoms with E-state index in [2.05, 4.69) is 0 Å². The molecule has 2 rings (SSSR count). The molecule has 1 N–H and O–H groups in total. The molecule has 0 bridgehead atoms. The molecule has 1 aromatic rings. The zero-order valence-corrected chi connectivity index (χ0v) is 12.4. The van der Waals surface area contributed by atoms with Crippen LogP contribution in [0.15, 0.2) is 24.3 Å². The van der Waals surface area contributed by atoms with Gasteiger partial charge >= 0.3 is 5.97 Å². The van der Waals surface area contributed by atoms with Crippen molar-refractivity contribution in [2.45, 2.75) is 6.42 Å². The van der Waals surface area contributed by atoms with Crippen molar-refractivity contribution >= 4 is 34.6 Å². The van der Waals surface area contributed by atoms with Gasteiger partial charge in [0.15, 0.2) is 0 Å². The topological polar surface area (TPSA) is 77.9 Å². The molecule has 0 saturated carbocycles. The van der Waals surface area contributed by atoms with Crippen LogP contribution in [0, 0.1) is 0 Å². The normalized spacial score (nSPS) is 14.3. The number of nitrogens with zero attached hydrogens (tertiary/aromatic N) is 2. The van der Waals surface area contributed by atoms with Crippen LogP contribution < -0.4 is 4.90 Å². The first-order valence-corrected chi connectivity index (χ1v) is 7.49. The van der Waals surface area contributed by atoms with Gasteiger partial charge in [-0.05, 0) is 24.3 Å². The molecule has 21 heavy (non-hydrogen) atoms. The Morgan fingerprint density at radius 2 is 2.00 bits per heavy atom. The number of hydrogen-bond donors (Lipinski definition) is 1. The van der Waals surface area contributed by atoms with Crippen molar-refractivity contribution in [2.75, 3.05) is 30.8 Å². The molecule has 0 atom stereocenters. The first kappa shape index (κ1) is 15.4. The van der Waals surface area contributed by atoms with Crippen molar-refractivity contribution in [2.24, 2.45) is 0 Å². The smallest absolute Gasteiger partial charge is 0.335 e. The minimum absolute atomic E-state index is 0.0243. The molecule has 0 spiro atoms. The zero-order valence-electron chi connectivity index (χ0n) is 11.6. The van der Waals surface area contributed by atoms with Gasteiger partial charge < -0.3 is 14.9 Å². The van der Waals surface area contributed by atoms with E-state index >= 15 is 0 Å². The largest absolute Gasteiger partial charge is 0.478 e. The van der Waals surface area contributed by atoms with Gasteiger partial charge in [0, 0.05) is 38.0 Å². The second-order valence-electron chi connectivity index (χ2n) is 4.66. The monoisotopic (exact) mass is 308 g/mol. The number of carboxylic acid groups (broad SMARTS) is 1. The van der Waals surface area contributed by atoms with Crippen molar-refractivity contribution in [1.82, 2.24) is 4.90 Å². The minimum atomic E-state index is -0.999. The summed E-state index contributed by atoms with van der Waals surface area (Å²) in [5.74, 6) is -0.331. The Hall–Kier alpha value is -2.02. The SMILES string of the molecule is CN(C(=O)CCN1CCSC1=O)c1ccc(C(=O)O)cc1. The van der Waals surface area contributed by atoms with E-state index in [1.54, 1.807) is 24.1 Å². The summed E-state index contributed by atoms with van der Waals surface area (Å²) in [6.07, 6.45) is 0.253. The second-order valence-corrected chi connectivity index (χ2v) is 5.70. The Morgan fingerprint density at radius 1 is 1.33 bits per heavy atom. The first-order valence-electron chi connectivity index (χ1n) is 6.50. The lowest BCUT2D eigenvalue weighted by Crippen LogP contribution is -2.32. The third-order valence-corrected chi connectivity index (χ3v) is 4.21. The van der Waals surface area contributed by atoms with Crippen molar-refractivity contribution in [1.29, 1.82) is 0 Å². The number of anilines is 1. The molecule has 1 aliphatic rings. The molecule has 1 aliphatic heterocycles. The number of thioether (sulfide) groups is 1. The van der Waals surface area contributed by atoms with E-state index in [1.807, 2.05) is 0 Å². The Bertz CT molecular complexity index is 559. The molecule has 0 unspecified atom stereocenters. The van der Waals surface area contributed by atoms with E-state index < -0.39 is 5.97 Å². The third-order valence-electron chi connectivity index (χ3n) is 3.32. The van der Waals surface area contributed by atoms with Crippen LogP contribution in [0.5, 0.6) is 0 Å². The lowest BCUT2D eigenvalue weighted by atomic mass is 10.2. The van der Waals surface area contributed by atoms with Gasteiger partial charge in [-0.1, -0.05) is 11.8 Å². The molecule has 0 aliphatic carbocycles. The Kier molecular flexibility index (Phi) is 4.85. The van der Waals surface area contributed by atoms with E-state index in [-0.39, 0.29) is 23.1 Å². The Labute approximate surface area is 126 Å². The van der Waals surface area contributed by atoms with Gasteiger partial charge in [0.1, 0.15) is 0 Å². The number of rotatable bonds is 5. The Morgan fingerprint density at radius 3 is 2.52 bits per heavy atom. The maximum atomic E-state index is 12.1. The van der Waals surface area contributed by atoms with Crippen molar-refractivity contribution < 1.29 is 19.5 Å². The van der Waals surface area contributed by atoms with Crippen LogP contribution in [0.2, 0.25) is 0 Å². The summed E-state index contributed by atoms with van der Waals surface area (Å²) in [6.45, 7) is 1.11. The van der Waals surface area contributed by atoms with Crippen LogP contribution in [0.1, 0.15) is 16.8 Å². The van der Waals surface area contributed by atoms with Crippen LogP contribution >= 0.6 is 11.8 Å². The predicted molar refractivity (Wildman–Crippen MR) is 80.9 cm³/mol. The summed E-state index contributed by atoms with van der Waals surface area (Å²) in [4.78, 5) is 37.4. The fourth-order valence-electron chi connectivity index (χ4n) is 2.00. The average molecular weight is 308 g/mol. The minimum Gasteiger partial charge on any atom is -0.478 e. The molecule has 1 saturated heterocycles. The molecule has 2 amide bonds. The lowest BCUT2D eigenvalue weighted by Gasteiger charge is -2.20. The molecule has 1 aromatic carbocycles. The highest BCUT2D eigenvalue weighted by Gasteiger charge is 2.22. The molecule has 1 fully saturated rings. The third kappa shape index (κ3) is 3.75. The number of carboxylic acids is 1. The molecule has 6 nitrogen and oxygen atoms in total. The molecule has 112 valence electrons. The van der Waals surface area contributed by atoms with Crippen molar-refractivity contribution in [3.63, 3.8) is 0 Å². The summed E-state index contributed by atoms with van der Waals surface area (Å²) >= 11 is 1.27. The standard InChI is InChI=1S/C14H16N2O4S/c1-15(11-4-2-10(3-5-11)13(18)19)12(17)6-7-16-8-9-21-14(16)20/h2-5H,6-9H2,1H3,(H,18,19). The average Bonchev–Trinajstić information content (AvgIpc) is 2.89. The number of benzene rings is 1. The molecule has 0 aromatic heterocycles. The van der Waals surface area contributed by atoms with Crippen LogP contribution in [-0.4, -0.2) is 53.0 Å². The number of aromatic carboxylic acids is 1. The highest BCUT2D eigenvalue weighted by molar-refractivity contribution is 8.13. The summed E-state index contributed by atoms with van der Waals surface area (Å²) in [7, 11) is 1.64. The van der Waals surface area contributed by atoms with Crippen LogP contribution in [0.4, 0.5) is 10.5 Å². The van der Waals surface area contributed by atoms with E-state index in [9.17, 15) is 14.4 Å². The maximum absolute atomic E-state index is 12.1. The Balaban J connectivity index is 1.92. The van der Waals surface area contributed by atoms with Gasteiger partial charge in [-0.2, -0.15) is 0 Å². The molecule has 0 radical (unpaired) electrons. The number of hydrogen-bond acceptors (Lipinski definition) is 4. The zero-order chi connectivity index (χ0) is 15.4. The van der Waals surface area contributed by atoms with E-state index in [0.29, 0.717) is 18.8 Å². The quantitative estimate of drug-likeness (QED) is 0.899. The molecule has 7 heteroatoms. The lowest BCUT2D eigenvalue weighted by molar-refractivity contribution is -0.118. The number of amides is 2. The van der Waals surface area contributed by atoms with Crippen LogP contribution in [0.25, 0.3) is 0 Å². The van der Waals surface area contributed by atoms with Gasteiger partial charge in [0.25, 0.3) is 5.24 Å². The number of carbonyl (C=O) groups is 3. The fraction of sp³-hybridized carbons (Fsp3) is 0.357. The maximum Gasteiger partial charge on any atom is 0.335 e. The fourth-order valence-corrected chi connectivity index (χ4v) is 2.85. The van der Waals surface area contributed by atoms with E-state index in [4.69, 9.17) is 5.11 Å². The highest BCUT2D eigenvalue weighted by Crippen LogP contribution is 2.18. The predicted octanol–water partition coefficient (Wildman–Crippen LogP) is 1.91. The van der Waals surface area contributed by atoms with Gasteiger partial charge in [-0.3, -0.25) is 9.59 Å². The summed E-state index contributed by atoms with van der Waals surface area (Å²) in [6, 6.07) is 6.11. The van der Waals surface area contributed by atoms with E-state index in [0.717, 1.165) is 5.75 Å².